The smallest absolute Gasteiger partial charge is 0.157 e. The highest BCUT2D eigenvalue weighted by Gasteiger charge is 2.13. The zero-order chi connectivity index (χ0) is 13.9. The van der Waals surface area contributed by atoms with Gasteiger partial charge in [0.25, 0.3) is 0 Å². The molecule has 0 radical (unpaired) electrons. The zero-order valence-corrected chi connectivity index (χ0v) is 12.3. The number of hydrogen-bond donors (Lipinski definition) is 0. The summed E-state index contributed by atoms with van der Waals surface area (Å²) >= 11 is 0. The van der Waals surface area contributed by atoms with Gasteiger partial charge in [0.15, 0.2) is 12.6 Å². The maximum Gasteiger partial charge on any atom is 0.157 e. The molecule has 114 valence electrons. The van der Waals surface area contributed by atoms with E-state index in [1.54, 1.807) is 0 Å². The van der Waals surface area contributed by atoms with Crippen LogP contribution in [0.4, 0.5) is 0 Å². The Labute approximate surface area is 122 Å². The Morgan fingerprint density at radius 2 is 1.25 bits per heavy atom. The minimum absolute atomic E-state index is 0.00247. The third-order valence-electron chi connectivity index (χ3n) is 3.46. The van der Waals surface area contributed by atoms with Crippen LogP contribution >= 0.6 is 0 Å². The van der Waals surface area contributed by atoms with Gasteiger partial charge in [-0.3, -0.25) is 0 Å². The van der Waals surface area contributed by atoms with Crippen LogP contribution in [-0.2, 0) is 18.9 Å². The summed E-state index contributed by atoms with van der Waals surface area (Å²) in [5, 5.41) is 0. The average Bonchev–Trinajstić information content (AvgIpc) is 2.52. The summed E-state index contributed by atoms with van der Waals surface area (Å²) in [7, 11) is 0. The Morgan fingerprint density at radius 1 is 0.750 bits per heavy atom. The molecule has 20 heavy (non-hydrogen) atoms. The first-order valence-electron chi connectivity index (χ1n) is 7.87. The molecular formula is C16H26O4. The highest BCUT2D eigenvalue weighted by molar-refractivity contribution is 4.98. The predicted molar refractivity (Wildman–Crippen MR) is 76.1 cm³/mol. The molecule has 0 amide bonds. The van der Waals surface area contributed by atoms with E-state index < -0.39 is 0 Å². The van der Waals surface area contributed by atoms with Crippen molar-refractivity contribution in [3.05, 3.63) is 0 Å². The van der Waals surface area contributed by atoms with Crippen LogP contribution in [-0.4, -0.2) is 39.0 Å². The molecule has 0 aliphatic carbocycles. The first-order chi connectivity index (χ1) is 9.95. The van der Waals surface area contributed by atoms with Crippen LogP contribution < -0.4 is 0 Å². The van der Waals surface area contributed by atoms with Crippen LogP contribution in [0.2, 0.25) is 0 Å². The molecular weight excluding hydrogens is 256 g/mol. The standard InChI is InChI=1S/C16H26O4/c1(5-11-17-15-9-3-7-13-19-15)2-6-12-18-16-10-4-8-14-20-16/h15-16H,3-14H2. The largest absolute Gasteiger partial charge is 0.353 e. The lowest BCUT2D eigenvalue weighted by Crippen LogP contribution is -2.22. The molecule has 2 fully saturated rings. The summed E-state index contributed by atoms with van der Waals surface area (Å²) in [6.07, 6.45) is 8.28. The first-order valence-corrected chi connectivity index (χ1v) is 7.87. The fourth-order valence-electron chi connectivity index (χ4n) is 2.34. The first kappa shape index (κ1) is 15.8. The van der Waals surface area contributed by atoms with Gasteiger partial charge in [0.05, 0.1) is 13.2 Å². The fourth-order valence-corrected chi connectivity index (χ4v) is 2.34. The van der Waals surface area contributed by atoms with Crippen molar-refractivity contribution in [1.29, 1.82) is 0 Å². The second kappa shape index (κ2) is 10.2. The molecule has 0 bridgehead atoms. The van der Waals surface area contributed by atoms with Gasteiger partial charge in [-0.15, -0.1) is 11.8 Å². The summed E-state index contributed by atoms with van der Waals surface area (Å²) in [6.45, 7) is 2.97. The van der Waals surface area contributed by atoms with Gasteiger partial charge in [0.2, 0.25) is 0 Å². The molecule has 4 nitrogen and oxygen atoms in total. The van der Waals surface area contributed by atoms with E-state index in [-0.39, 0.29) is 12.6 Å². The Morgan fingerprint density at radius 3 is 1.65 bits per heavy atom. The van der Waals surface area contributed by atoms with Crippen molar-refractivity contribution in [2.45, 2.75) is 63.9 Å². The van der Waals surface area contributed by atoms with E-state index in [0.717, 1.165) is 51.7 Å². The highest BCUT2D eigenvalue weighted by Crippen LogP contribution is 2.14. The van der Waals surface area contributed by atoms with Crippen molar-refractivity contribution in [2.24, 2.45) is 0 Å². The Hall–Kier alpha value is -0.600. The summed E-state index contributed by atoms with van der Waals surface area (Å²) in [5.41, 5.74) is 0. The van der Waals surface area contributed by atoms with Crippen LogP contribution in [0.1, 0.15) is 51.4 Å². The van der Waals surface area contributed by atoms with E-state index in [0.29, 0.717) is 13.2 Å². The van der Waals surface area contributed by atoms with Crippen LogP contribution in [0.5, 0.6) is 0 Å². The Balaban J connectivity index is 1.41. The summed E-state index contributed by atoms with van der Waals surface area (Å²) in [4.78, 5) is 0. The summed E-state index contributed by atoms with van der Waals surface area (Å²) in [5.74, 6) is 6.22. The molecule has 2 saturated heterocycles. The maximum atomic E-state index is 5.61. The van der Waals surface area contributed by atoms with E-state index in [4.69, 9.17) is 18.9 Å². The third kappa shape index (κ3) is 6.71. The zero-order valence-electron chi connectivity index (χ0n) is 12.3. The van der Waals surface area contributed by atoms with Crippen molar-refractivity contribution in [2.75, 3.05) is 26.4 Å². The normalized spacial score (nSPS) is 26.8. The summed E-state index contributed by atoms with van der Waals surface area (Å²) < 4.78 is 22.2. The van der Waals surface area contributed by atoms with E-state index in [1.165, 1.54) is 12.8 Å². The predicted octanol–water partition coefficient (Wildman–Crippen LogP) is 2.86. The minimum atomic E-state index is -0.00247. The number of hydrogen-bond acceptors (Lipinski definition) is 4. The second-order valence-electron chi connectivity index (χ2n) is 5.19. The van der Waals surface area contributed by atoms with Gasteiger partial charge >= 0.3 is 0 Å². The number of ether oxygens (including phenoxy) is 4. The molecule has 0 saturated carbocycles. The van der Waals surface area contributed by atoms with E-state index in [9.17, 15) is 0 Å². The molecule has 2 aliphatic rings. The van der Waals surface area contributed by atoms with Crippen LogP contribution in [0.3, 0.4) is 0 Å². The quantitative estimate of drug-likeness (QED) is 0.554. The fraction of sp³-hybridized carbons (Fsp3) is 0.875. The molecule has 2 heterocycles. The Kier molecular flexibility index (Phi) is 8.03. The topological polar surface area (TPSA) is 36.9 Å². The molecule has 2 rings (SSSR count). The van der Waals surface area contributed by atoms with Gasteiger partial charge in [-0.05, 0) is 38.5 Å². The molecule has 2 atom stereocenters. The molecule has 2 unspecified atom stereocenters. The van der Waals surface area contributed by atoms with Crippen LogP contribution in [0, 0.1) is 11.8 Å². The minimum Gasteiger partial charge on any atom is -0.353 e. The molecule has 0 aromatic carbocycles. The third-order valence-corrected chi connectivity index (χ3v) is 3.46. The van der Waals surface area contributed by atoms with Gasteiger partial charge < -0.3 is 18.9 Å². The lowest BCUT2D eigenvalue weighted by molar-refractivity contribution is -0.161. The molecule has 4 heteroatoms. The summed E-state index contributed by atoms with van der Waals surface area (Å²) in [6, 6.07) is 0. The van der Waals surface area contributed by atoms with Crippen molar-refractivity contribution >= 4 is 0 Å². The molecule has 0 N–H and O–H groups in total. The van der Waals surface area contributed by atoms with Gasteiger partial charge in [-0.2, -0.15) is 0 Å². The van der Waals surface area contributed by atoms with E-state index in [1.807, 2.05) is 0 Å². The Bertz CT molecular complexity index is 267. The van der Waals surface area contributed by atoms with E-state index in [2.05, 4.69) is 11.8 Å². The van der Waals surface area contributed by atoms with Crippen molar-refractivity contribution < 1.29 is 18.9 Å². The maximum absolute atomic E-state index is 5.61. The van der Waals surface area contributed by atoms with Crippen LogP contribution in [0.15, 0.2) is 0 Å². The SMILES string of the molecule is C(#CCCOC1CCCCO1)CCOC1CCCCO1. The van der Waals surface area contributed by atoms with Crippen molar-refractivity contribution in [1.82, 2.24) is 0 Å². The molecule has 0 spiro atoms. The highest BCUT2D eigenvalue weighted by atomic mass is 16.7. The van der Waals surface area contributed by atoms with Crippen molar-refractivity contribution in [3.63, 3.8) is 0 Å². The molecule has 0 aromatic rings. The second-order valence-corrected chi connectivity index (χ2v) is 5.19. The number of rotatable bonds is 6. The van der Waals surface area contributed by atoms with Gasteiger partial charge in [0.1, 0.15) is 0 Å². The lowest BCUT2D eigenvalue weighted by atomic mass is 10.2. The van der Waals surface area contributed by atoms with Crippen molar-refractivity contribution in [3.8, 4) is 11.8 Å². The van der Waals surface area contributed by atoms with E-state index >= 15 is 0 Å². The van der Waals surface area contributed by atoms with Gasteiger partial charge in [-0.1, -0.05) is 0 Å². The monoisotopic (exact) mass is 282 g/mol. The van der Waals surface area contributed by atoms with Crippen LogP contribution in [0.25, 0.3) is 0 Å². The van der Waals surface area contributed by atoms with Gasteiger partial charge in [0, 0.05) is 26.1 Å². The average molecular weight is 282 g/mol. The van der Waals surface area contributed by atoms with Gasteiger partial charge in [-0.25, -0.2) is 0 Å². The lowest BCUT2D eigenvalue weighted by Gasteiger charge is -2.22. The molecule has 2 aliphatic heterocycles. The molecule has 0 aromatic heterocycles.